The van der Waals surface area contributed by atoms with E-state index in [0.29, 0.717) is 5.88 Å². The van der Waals surface area contributed by atoms with Gasteiger partial charge >= 0.3 is 0 Å². The molecule has 1 heterocycles. The zero-order chi connectivity index (χ0) is 18.5. The molecule has 0 spiro atoms. The predicted octanol–water partition coefficient (Wildman–Crippen LogP) is 5.93. The fraction of sp³-hybridized carbons (Fsp3) is 0.125. The number of hydrogen-bond donors (Lipinski definition) is 0. The highest BCUT2D eigenvalue weighted by Gasteiger charge is 2.38. The van der Waals surface area contributed by atoms with Crippen LogP contribution in [0.3, 0.4) is 0 Å². The fourth-order valence-corrected chi connectivity index (χ4v) is 3.95. The Labute approximate surface area is 177 Å². The summed E-state index contributed by atoms with van der Waals surface area (Å²) in [5, 5.41) is 0. The highest BCUT2D eigenvalue weighted by atomic mass is 35.5. The summed E-state index contributed by atoms with van der Waals surface area (Å²) in [5.74, 6) is 0.562. The Kier molecular flexibility index (Phi) is 6.56. The van der Waals surface area contributed by atoms with Crippen molar-refractivity contribution in [3.05, 3.63) is 126 Å². The number of imidazole rings is 1. The average Bonchev–Trinajstić information content (AvgIpc) is 3.20. The fourth-order valence-electron chi connectivity index (χ4n) is 3.76. The number of aromatic nitrogens is 2. The summed E-state index contributed by atoms with van der Waals surface area (Å²) in [6, 6.07) is 31.8. The molecule has 0 atom stereocenters. The van der Waals surface area contributed by atoms with E-state index in [1.165, 1.54) is 16.7 Å². The third-order valence-corrected chi connectivity index (χ3v) is 5.14. The van der Waals surface area contributed by atoms with Crippen LogP contribution in [0.2, 0.25) is 0 Å². The first kappa shape index (κ1) is 20.2. The molecule has 0 amide bonds. The van der Waals surface area contributed by atoms with Crippen LogP contribution in [0.15, 0.2) is 104 Å². The maximum absolute atomic E-state index is 5.96. The van der Waals surface area contributed by atoms with Crippen molar-refractivity contribution in [1.29, 1.82) is 0 Å². The van der Waals surface area contributed by atoms with E-state index in [9.17, 15) is 0 Å². The Morgan fingerprint density at radius 3 is 1.54 bits per heavy atom. The second-order valence-electron chi connectivity index (χ2n) is 6.52. The minimum absolute atomic E-state index is 0. The minimum atomic E-state index is -0.499. The van der Waals surface area contributed by atoms with Crippen molar-refractivity contribution in [1.82, 2.24) is 9.55 Å². The van der Waals surface area contributed by atoms with Gasteiger partial charge in [0, 0.05) is 18.5 Å². The summed E-state index contributed by atoms with van der Waals surface area (Å²) in [6.07, 6.45) is 4.80. The van der Waals surface area contributed by atoms with Crippen molar-refractivity contribution in [3.8, 4) is 0 Å². The molecule has 0 fully saturated rings. The van der Waals surface area contributed by atoms with Crippen LogP contribution in [0, 0.1) is 0 Å². The van der Waals surface area contributed by atoms with E-state index in [-0.39, 0.29) is 12.4 Å². The maximum Gasteiger partial charge on any atom is 0.121 e. The molecule has 0 unspecified atom stereocenters. The normalized spacial score (nSPS) is 11.0. The van der Waals surface area contributed by atoms with Crippen molar-refractivity contribution in [3.63, 3.8) is 0 Å². The van der Waals surface area contributed by atoms with Gasteiger partial charge in [-0.1, -0.05) is 91.0 Å². The molecule has 4 rings (SSSR count). The van der Waals surface area contributed by atoms with Gasteiger partial charge in [0.2, 0.25) is 0 Å². The molecule has 1 aromatic heterocycles. The van der Waals surface area contributed by atoms with E-state index in [1.807, 2.05) is 6.33 Å². The Bertz CT molecular complexity index is 886. The first-order valence-electron chi connectivity index (χ1n) is 9.11. The maximum atomic E-state index is 5.96. The van der Waals surface area contributed by atoms with Crippen molar-refractivity contribution in [2.75, 3.05) is 5.88 Å². The zero-order valence-electron chi connectivity index (χ0n) is 15.4. The van der Waals surface area contributed by atoms with Gasteiger partial charge in [-0.15, -0.1) is 24.0 Å². The lowest BCUT2D eigenvalue weighted by Gasteiger charge is -2.37. The molecular weight excluding hydrogens is 387 g/mol. The molecule has 4 aromatic rings. The van der Waals surface area contributed by atoms with E-state index >= 15 is 0 Å². The van der Waals surface area contributed by atoms with Crippen LogP contribution in [-0.4, -0.2) is 15.4 Å². The minimum Gasteiger partial charge on any atom is -0.319 e. The smallest absolute Gasteiger partial charge is 0.121 e. The van der Waals surface area contributed by atoms with Gasteiger partial charge in [-0.25, -0.2) is 4.98 Å². The standard InChI is InChI=1S/C24H21ClN2.ClH/c25-17-16-23-18-27(19-26-23)24(20-10-4-1-5-11-20,21-12-6-2-7-13-21)22-14-8-3-9-15-22;/h1-15,18-19H,16-17H2;1H. The highest BCUT2D eigenvalue weighted by molar-refractivity contribution is 6.17. The van der Waals surface area contributed by atoms with Crippen molar-refractivity contribution < 1.29 is 0 Å². The molecule has 4 heteroatoms. The molecule has 0 bridgehead atoms. The monoisotopic (exact) mass is 408 g/mol. The first-order chi connectivity index (χ1) is 13.4. The van der Waals surface area contributed by atoms with Crippen molar-refractivity contribution >= 4 is 24.0 Å². The molecule has 0 N–H and O–H groups in total. The van der Waals surface area contributed by atoms with Gasteiger partial charge < -0.3 is 4.57 Å². The number of alkyl halides is 1. The summed E-state index contributed by atoms with van der Waals surface area (Å²) < 4.78 is 2.22. The Balaban J connectivity index is 0.00000225. The van der Waals surface area contributed by atoms with E-state index < -0.39 is 5.54 Å². The van der Waals surface area contributed by atoms with Gasteiger partial charge in [-0.05, 0) is 16.7 Å². The number of rotatable bonds is 6. The summed E-state index contributed by atoms with van der Waals surface area (Å²) in [6.45, 7) is 0. The van der Waals surface area contributed by atoms with Gasteiger partial charge in [0.15, 0.2) is 0 Å². The Morgan fingerprint density at radius 2 is 1.14 bits per heavy atom. The van der Waals surface area contributed by atoms with Gasteiger partial charge in [0.25, 0.3) is 0 Å². The molecule has 0 aliphatic heterocycles. The molecule has 0 radical (unpaired) electrons. The van der Waals surface area contributed by atoms with Crippen LogP contribution < -0.4 is 0 Å². The lowest BCUT2D eigenvalue weighted by Crippen LogP contribution is -2.36. The summed E-state index contributed by atoms with van der Waals surface area (Å²) in [5.41, 5.74) is 4.07. The number of hydrogen-bond acceptors (Lipinski definition) is 1. The number of aryl methyl sites for hydroxylation is 1. The lowest BCUT2D eigenvalue weighted by molar-refractivity contribution is 0.514. The molecule has 3 aromatic carbocycles. The van der Waals surface area contributed by atoms with E-state index in [1.54, 1.807) is 0 Å². The molecule has 0 aliphatic rings. The van der Waals surface area contributed by atoms with Gasteiger partial charge in [-0.3, -0.25) is 0 Å². The molecule has 142 valence electrons. The van der Waals surface area contributed by atoms with Crippen LogP contribution in [0.4, 0.5) is 0 Å². The number of nitrogens with zero attached hydrogens (tertiary/aromatic N) is 2. The SMILES string of the molecule is Cl.ClCCc1cn(C(c2ccccc2)(c2ccccc2)c2ccccc2)cn1. The molecule has 0 aliphatic carbocycles. The lowest BCUT2D eigenvalue weighted by atomic mass is 9.77. The van der Waals surface area contributed by atoms with Gasteiger partial charge in [-0.2, -0.15) is 0 Å². The number of halogens is 2. The third kappa shape index (κ3) is 3.58. The third-order valence-electron chi connectivity index (χ3n) is 4.95. The largest absolute Gasteiger partial charge is 0.319 e. The van der Waals surface area contributed by atoms with Crippen molar-refractivity contribution in [2.24, 2.45) is 0 Å². The summed E-state index contributed by atoms with van der Waals surface area (Å²) >= 11 is 5.96. The number of benzene rings is 3. The van der Waals surface area contributed by atoms with Gasteiger partial charge in [0.1, 0.15) is 5.54 Å². The predicted molar refractivity (Wildman–Crippen MR) is 119 cm³/mol. The summed E-state index contributed by atoms with van der Waals surface area (Å²) in [7, 11) is 0. The van der Waals surface area contributed by atoms with E-state index in [4.69, 9.17) is 11.6 Å². The molecule has 2 nitrogen and oxygen atoms in total. The van der Waals surface area contributed by atoms with E-state index in [2.05, 4.69) is 107 Å². The molecule has 0 saturated heterocycles. The summed E-state index contributed by atoms with van der Waals surface area (Å²) in [4.78, 5) is 4.63. The first-order valence-corrected chi connectivity index (χ1v) is 9.65. The zero-order valence-corrected chi connectivity index (χ0v) is 17.0. The van der Waals surface area contributed by atoms with Crippen LogP contribution in [0.5, 0.6) is 0 Å². The van der Waals surface area contributed by atoms with E-state index in [0.717, 1.165) is 12.1 Å². The molecule has 0 saturated carbocycles. The Morgan fingerprint density at radius 1 is 0.714 bits per heavy atom. The van der Waals surface area contributed by atoms with Crippen LogP contribution in [0.1, 0.15) is 22.4 Å². The highest BCUT2D eigenvalue weighted by Crippen LogP contribution is 2.40. The quantitative estimate of drug-likeness (QED) is 0.285. The second-order valence-corrected chi connectivity index (χ2v) is 6.90. The van der Waals surface area contributed by atoms with Crippen LogP contribution >= 0.6 is 24.0 Å². The van der Waals surface area contributed by atoms with Gasteiger partial charge in [0.05, 0.1) is 12.0 Å². The van der Waals surface area contributed by atoms with Crippen molar-refractivity contribution in [2.45, 2.75) is 12.0 Å². The topological polar surface area (TPSA) is 17.8 Å². The average molecular weight is 409 g/mol. The Hall–Kier alpha value is -2.55. The van der Waals surface area contributed by atoms with Crippen LogP contribution in [0.25, 0.3) is 0 Å². The molecule has 28 heavy (non-hydrogen) atoms. The second kappa shape index (κ2) is 9.09. The molecular formula is C24H22Cl2N2. The van der Waals surface area contributed by atoms with Crippen LogP contribution in [-0.2, 0) is 12.0 Å².